The van der Waals surface area contributed by atoms with E-state index in [1.807, 2.05) is 0 Å². The minimum absolute atomic E-state index is 0.180. The second-order valence-corrected chi connectivity index (χ2v) is 5.81. The van der Waals surface area contributed by atoms with Crippen molar-refractivity contribution in [3.63, 3.8) is 0 Å². The van der Waals surface area contributed by atoms with E-state index in [9.17, 15) is 26.4 Å². The molecule has 0 amide bonds. The topological polar surface area (TPSA) is 74.7 Å². The largest absolute Gasteiger partial charge is 0.511 e. The third-order valence-corrected chi connectivity index (χ3v) is 4.27. The molecule has 9 heteroatoms. The van der Waals surface area contributed by atoms with Crippen LogP contribution in [0.5, 0.6) is 0 Å². The van der Waals surface area contributed by atoms with Crippen LogP contribution in [0, 0.1) is 5.92 Å². The first-order valence-electron chi connectivity index (χ1n) is 5.12. The molecule has 0 aliphatic carbocycles. The number of aliphatic carboxylic acids is 1. The van der Waals surface area contributed by atoms with Crippen molar-refractivity contribution < 1.29 is 31.5 Å². The summed E-state index contributed by atoms with van der Waals surface area (Å²) >= 11 is 0. The lowest BCUT2D eigenvalue weighted by Crippen LogP contribution is -2.44. The maximum Gasteiger partial charge on any atom is 0.511 e. The number of alkyl halides is 3. The maximum absolute atomic E-state index is 12.2. The Labute approximate surface area is 102 Å². The second-order valence-electron chi connectivity index (χ2n) is 3.88. The van der Waals surface area contributed by atoms with E-state index in [1.165, 1.54) is 6.08 Å². The molecule has 1 aliphatic rings. The molecule has 0 unspecified atom stereocenters. The summed E-state index contributed by atoms with van der Waals surface area (Å²) in [6.07, 6.45) is 2.65. The molecular formula is C9H12F3NO4S. The highest BCUT2D eigenvalue weighted by molar-refractivity contribution is 7.90. The number of allylic oxidation sites excluding steroid dienone is 1. The van der Waals surface area contributed by atoms with Crippen LogP contribution in [0.25, 0.3) is 0 Å². The van der Waals surface area contributed by atoms with Crippen LogP contribution in [-0.2, 0) is 14.8 Å². The Morgan fingerprint density at radius 3 is 2.17 bits per heavy atom. The molecule has 5 nitrogen and oxygen atoms in total. The van der Waals surface area contributed by atoms with Crippen molar-refractivity contribution in [3.05, 3.63) is 12.2 Å². The molecule has 0 aromatic carbocycles. The van der Waals surface area contributed by atoms with Crippen LogP contribution in [-0.4, -0.2) is 42.4 Å². The van der Waals surface area contributed by atoms with Crippen LogP contribution >= 0.6 is 0 Å². The van der Waals surface area contributed by atoms with E-state index in [2.05, 4.69) is 0 Å². The van der Waals surface area contributed by atoms with Gasteiger partial charge in [0.25, 0.3) is 0 Å². The first-order chi connectivity index (χ1) is 8.14. The molecule has 0 radical (unpaired) electrons. The van der Waals surface area contributed by atoms with E-state index >= 15 is 0 Å². The Balaban J connectivity index is 2.63. The third kappa shape index (κ3) is 3.45. The first-order valence-corrected chi connectivity index (χ1v) is 6.56. The lowest BCUT2D eigenvalue weighted by molar-refractivity contribution is -0.131. The predicted molar refractivity (Wildman–Crippen MR) is 56.0 cm³/mol. The van der Waals surface area contributed by atoms with Gasteiger partial charge in [-0.1, -0.05) is 6.08 Å². The van der Waals surface area contributed by atoms with Gasteiger partial charge in [0.1, 0.15) is 0 Å². The SMILES string of the molecule is O=C(O)C=CC1CCN(S(=O)(=O)C(F)(F)F)CC1. The number of carboxylic acid groups (broad SMARTS) is 1. The maximum atomic E-state index is 12.2. The highest BCUT2D eigenvalue weighted by Crippen LogP contribution is 2.30. The molecule has 18 heavy (non-hydrogen) atoms. The van der Waals surface area contributed by atoms with E-state index in [0.717, 1.165) is 6.08 Å². The van der Waals surface area contributed by atoms with Gasteiger partial charge in [-0.25, -0.2) is 13.2 Å². The Kier molecular flexibility index (Phi) is 4.38. The number of rotatable bonds is 3. The van der Waals surface area contributed by atoms with Gasteiger partial charge in [0, 0.05) is 19.2 Å². The fourth-order valence-electron chi connectivity index (χ4n) is 1.67. The average molecular weight is 287 g/mol. The van der Waals surface area contributed by atoms with Crippen molar-refractivity contribution in [1.82, 2.24) is 4.31 Å². The van der Waals surface area contributed by atoms with Gasteiger partial charge < -0.3 is 5.11 Å². The van der Waals surface area contributed by atoms with Crippen LogP contribution in [0.3, 0.4) is 0 Å². The van der Waals surface area contributed by atoms with E-state index in [0.29, 0.717) is 4.31 Å². The highest BCUT2D eigenvalue weighted by atomic mass is 32.2. The zero-order valence-corrected chi connectivity index (χ0v) is 10.0. The molecule has 0 spiro atoms. The Hall–Kier alpha value is -1.09. The van der Waals surface area contributed by atoms with Gasteiger partial charge in [0.15, 0.2) is 0 Å². The van der Waals surface area contributed by atoms with E-state index in [-0.39, 0.29) is 31.8 Å². The second kappa shape index (κ2) is 5.27. The molecule has 1 N–H and O–H groups in total. The molecule has 0 aromatic rings. The van der Waals surface area contributed by atoms with E-state index < -0.39 is 21.5 Å². The standard InChI is InChI=1S/C9H12F3NO4S/c10-9(11,12)18(16,17)13-5-3-7(4-6-13)1-2-8(14)15/h1-2,7H,3-6H2,(H,14,15). The first kappa shape index (κ1) is 15.0. The van der Waals surface area contributed by atoms with Gasteiger partial charge in [-0.2, -0.15) is 17.5 Å². The number of piperidine rings is 1. The zero-order valence-electron chi connectivity index (χ0n) is 9.22. The van der Waals surface area contributed by atoms with Crippen molar-refractivity contribution in [2.75, 3.05) is 13.1 Å². The minimum Gasteiger partial charge on any atom is -0.478 e. The predicted octanol–water partition coefficient (Wildman–Crippen LogP) is 1.19. The monoisotopic (exact) mass is 287 g/mol. The van der Waals surface area contributed by atoms with E-state index in [1.54, 1.807) is 0 Å². The van der Waals surface area contributed by atoms with Gasteiger partial charge in [0.05, 0.1) is 0 Å². The van der Waals surface area contributed by atoms with Gasteiger partial charge in [0.2, 0.25) is 0 Å². The summed E-state index contributed by atoms with van der Waals surface area (Å²) in [5, 5.41) is 8.39. The zero-order chi connectivity index (χ0) is 14.0. The highest BCUT2D eigenvalue weighted by Gasteiger charge is 2.50. The fraction of sp³-hybridized carbons (Fsp3) is 0.667. The minimum atomic E-state index is -5.28. The molecule has 1 fully saturated rings. The van der Waals surface area contributed by atoms with Gasteiger partial charge in [-0.3, -0.25) is 0 Å². The molecule has 104 valence electrons. The average Bonchev–Trinajstić information content (AvgIpc) is 2.25. The molecule has 1 rings (SSSR count). The van der Waals surface area contributed by atoms with Crippen LogP contribution in [0.15, 0.2) is 12.2 Å². The van der Waals surface area contributed by atoms with Crippen LogP contribution in [0.1, 0.15) is 12.8 Å². The van der Waals surface area contributed by atoms with Gasteiger partial charge >= 0.3 is 21.5 Å². The fourth-order valence-corrected chi connectivity index (χ4v) is 2.66. The summed E-state index contributed by atoms with van der Waals surface area (Å²) in [7, 11) is -5.26. The smallest absolute Gasteiger partial charge is 0.478 e. The molecule has 1 saturated heterocycles. The third-order valence-electron chi connectivity index (χ3n) is 2.64. The number of sulfonamides is 1. The van der Waals surface area contributed by atoms with Crippen LogP contribution < -0.4 is 0 Å². The number of carboxylic acids is 1. The van der Waals surface area contributed by atoms with Gasteiger partial charge in [-0.15, -0.1) is 0 Å². The summed E-state index contributed by atoms with van der Waals surface area (Å²) in [6.45, 7) is -0.507. The summed E-state index contributed by atoms with van der Waals surface area (Å²) < 4.78 is 59.3. The number of halogens is 3. The number of hydrogen-bond donors (Lipinski definition) is 1. The molecule has 0 atom stereocenters. The number of nitrogens with zero attached hydrogens (tertiary/aromatic N) is 1. The molecule has 0 saturated carbocycles. The molecule has 0 aromatic heterocycles. The quantitative estimate of drug-likeness (QED) is 0.791. The molecular weight excluding hydrogens is 275 g/mol. The summed E-state index contributed by atoms with van der Waals surface area (Å²) in [6, 6.07) is 0. The molecule has 0 bridgehead atoms. The Bertz CT molecular complexity index is 435. The van der Waals surface area contributed by atoms with E-state index in [4.69, 9.17) is 5.11 Å². The Morgan fingerprint density at radius 2 is 1.78 bits per heavy atom. The van der Waals surface area contributed by atoms with Crippen molar-refractivity contribution in [2.45, 2.75) is 18.3 Å². The van der Waals surface area contributed by atoms with Gasteiger partial charge in [-0.05, 0) is 18.8 Å². The number of hydrogen-bond acceptors (Lipinski definition) is 3. The number of carbonyl (C=O) groups is 1. The lowest BCUT2D eigenvalue weighted by Gasteiger charge is -2.30. The molecule has 1 aliphatic heterocycles. The van der Waals surface area contributed by atoms with Crippen molar-refractivity contribution in [3.8, 4) is 0 Å². The summed E-state index contributed by atoms with van der Waals surface area (Å²) in [5.74, 6) is -1.35. The van der Waals surface area contributed by atoms with Crippen molar-refractivity contribution >= 4 is 16.0 Å². The molecule has 1 heterocycles. The summed E-state index contributed by atoms with van der Waals surface area (Å²) in [5.41, 5.74) is -5.28. The van der Waals surface area contributed by atoms with Crippen LogP contribution in [0.4, 0.5) is 13.2 Å². The van der Waals surface area contributed by atoms with Crippen LogP contribution in [0.2, 0.25) is 0 Å². The summed E-state index contributed by atoms with van der Waals surface area (Å²) in [4.78, 5) is 10.3. The van der Waals surface area contributed by atoms with Crippen molar-refractivity contribution in [1.29, 1.82) is 0 Å². The van der Waals surface area contributed by atoms with Crippen molar-refractivity contribution in [2.24, 2.45) is 5.92 Å². The lowest BCUT2D eigenvalue weighted by atomic mass is 9.98. The Morgan fingerprint density at radius 1 is 1.28 bits per heavy atom. The normalized spacial score (nSPS) is 20.4.